The SMILES string of the molecule is COC(=O)CC1CCN(C(=O)C2CCC(NC(=O)C3CCNCC3)CC2)CC1. The summed E-state index contributed by atoms with van der Waals surface area (Å²) in [5.74, 6) is 0.867. The van der Waals surface area contributed by atoms with Crippen LogP contribution >= 0.6 is 0 Å². The van der Waals surface area contributed by atoms with Crippen molar-refractivity contribution in [2.45, 2.75) is 63.8 Å². The van der Waals surface area contributed by atoms with Gasteiger partial charge in [-0.2, -0.15) is 0 Å². The number of likely N-dealkylation sites (tertiary alicyclic amines) is 1. The third kappa shape index (κ3) is 5.69. The summed E-state index contributed by atoms with van der Waals surface area (Å²) in [6.07, 6.45) is 7.57. The molecule has 28 heavy (non-hydrogen) atoms. The van der Waals surface area contributed by atoms with Crippen molar-refractivity contribution in [3.63, 3.8) is 0 Å². The molecule has 1 saturated carbocycles. The number of hydrogen-bond donors (Lipinski definition) is 2. The summed E-state index contributed by atoms with van der Waals surface area (Å²) in [6.45, 7) is 3.34. The van der Waals surface area contributed by atoms with E-state index in [2.05, 4.69) is 10.6 Å². The van der Waals surface area contributed by atoms with Gasteiger partial charge in [-0.3, -0.25) is 14.4 Å². The zero-order valence-corrected chi connectivity index (χ0v) is 17.1. The highest BCUT2D eigenvalue weighted by atomic mass is 16.5. The number of piperidine rings is 2. The molecule has 2 N–H and O–H groups in total. The van der Waals surface area contributed by atoms with Crippen molar-refractivity contribution in [1.29, 1.82) is 0 Å². The zero-order valence-electron chi connectivity index (χ0n) is 17.1. The quantitative estimate of drug-likeness (QED) is 0.691. The fraction of sp³-hybridized carbons (Fsp3) is 0.857. The molecular formula is C21H35N3O4. The number of rotatable bonds is 5. The lowest BCUT2D eigenvalue weighted by atomic mass is 9.84. The third-order valence-corrected chi connectivity index (χ3v) is 6.74. The maximum Gasteiger partial charge on any atom is 0.305 e. The minimum absolute atomic E-state index is 0.0872. The smallest absolute Gasteiger partial charge is 0.305 e. The molecule has 2 aliphatic heterocycles. The predicted molar refractivity (Wildman–Crippen MR) is 105 cm³/mol. The van der Waals surface area contributed by atoms with Crippen LogP contribution in [0.25, 0.3) is 0 Å². The summed E-state index contributed by atoms with van der Waals surface area (Å²) in [5.41, 5.74) is 0. The molecule has 0 aromatic heterocycles. The Bertz CT molecular complexity index is 546. The van der Waals surface area contributed by atoms with Crippen LogP contribution in [0.5, 0.6) is 0 Å². The van der Waals surface area contributed by atoms with Crippen molar-refractivity contribution in [2.75, 3.05) is 33.3 Å². The van der Waals surface area contributed by atoms with Gasteiger partial charge in [0.2, 0.25) is 11.8 Å². The summed E-state index contributed by atoms with van der Waals surface area (Å²) in [6, 6.07) is 0.220. The number of methoxy groups -OCH3 is 1. The number of carbonyl (C=O) groups is 3. The molecular weight excluding hydrogens is 358 g/mol. The van der Waals surface area contributed by atoms with Gasteiger partial charge in [0, 0.05) is 37.4 Å². The molecule has 0 atom stereocenters. The first kappa shape index (κ1) is 21.1. The monoisotopic (exact) mass is 393 g/mol. The molecule has 1 aliphatic carbocycles. The summed E-state index contributed by atoms with van der Waals surface area (Å²) in [5, 5.41) is 6.51. The third-order valence-electron chi connectivity index (χ3n) is 6.74. The van der Waals surface area contributed by atoms with Crippen molar-refractivity contribution in [3.8, 4) is 0 Å². The van der Waals surface area contributed by atoms with Gasteiger partial charge in [0.1, 0.15) is 0 Å². The summed E-state index contributed by atoms with van der Waals surface area (Å²) < 4.78 is 4.75. The molecule has 3 rings (SSSR count). The highest BCUT2D eigenvalue weighted by Crippen LogP contribution is 2.29. The van der Waals surface area contributed by atoms with E-state index in [0.29, 0.717) is 12.3 Å². The zero-order chi connectivity index (χ0) is 19.9. The lowest BCUT2D eigenvalue weighted by Gasteiger charge is -2.36. The molecule has 2 amide bonds. The lowest BCUT2D eigenvalue weighted by molar-refractivity contribution is -0.142. The molecule has 3 aliphatic rings. The second kappa shape index (κ2) is 10.2. The van der Waals surface area contributed by atoms with Crippen LogP contribution in [0.4, 0.5) is 0 Å². The van der Waals surface area contributed by atoms with Crippen molar-refractivity contribution < 1.29 is 19.1 Å². The first-order valence-electron chi connectivity index (χ1n) is 10.9. The van der Waals surface area contributed by atoms with E-state index in [4.69, 9.17) is 4.74 Å². The average Bonchev–Trinajstić information content (AvgIpc) is 2.75. The molecule has 7 nitrogen and oxygen atoms in total. The van der Waals surface area contributed by atoms with Crippen molar-refractivity contribution in [1.82, 2.24) is 15.5 Å². The van der Waals surface area contributed by atoms with Gasteiger partial charge in [-0.05, 0) is 70.4 Å². The standard InChI is InChI=1S/C21H35N3O4/c1-28-19(25)14-15-8-12-24(13-9-15)21(27)17-2-4-18(5-3-17)23-20(26)16-6-10-22-11-7-16/h15-18,22H,2-14H2,1H3,(H,23,26). The van der Waals surface area contributed by atoms with E-state index in [-0.39, 0.29) is 35.7 Å². The Hall–Kier alpha value is -1.63. The summed E-state index contributed by atoms with van der Waals surface area (Å²) in [4.78, 5) is 38.7. The van der Waals surface area contributed by atoms with E-state index in [1.807, 2.05) is 4.90 Å². The Morgan fingerprint density at radius 1 is 0.929 bits per heavy atom. The number of nitrogens with one attached hydrogen (secondary N) is 2. The number of ether oxygens (including phenoxy) is 1. The van der Waals surface area contributed by atoms with Crippen LogP contribution in [0.3, 0.4) is 0 Å². The predicted octanol–water partition coefficient (Wildman–Crippen LogP) is 1.46. The summed E-state index contributed by atoms with van der Waals surface area (Å²) in [7, 11) is 1.42. The van der Waals surface area contributed by atoms with Gasteiger partial charge in [-0.1, -0.05) is 0 Å². The van der Waals surface area contributed by atoms with E-state index >= 15 is 0 Å². The summed E-state index contributed by atoms with van der Waals surface area (Å²) >= 11 is 0. The van der Waals surface area contributed by atoms with E-state index in [1.54, 1.807) is 0 Å². The lowest BCUT2D eigenvalue weighted by Crippen LogP contribution is -2.46. The molecule has 2 saturated heterocycles. The molecule has 7 heteroatoms. The maximum absolute atomic E-state index is 12.9. The number of esters is 1. The minimum atomic E-state index is -0.158. The first-order chi connectivity index (χ1) is 13.6. The highest BCUT2D eigenvalue weighted by molar-refractivity contribution is 5.80. The van der Waals surface area contributed by atoms with Gasteiger partial charge in [0.25, 0.3) is 0 Å². The maximum atomic E-state index is 12.9. The topological polar surface area (TPSA) is 87.7 Å². The van der Waals surface area contributed by atoms with Crippen LogP contribution in [0.1, 0.15) is 57.8 Å². The molecule has 0 aromatic carbocycles. The molecule has 0 spiro atoms. The Morgan fingerprint density at radius 3 is 2.18 bits per heavy atom. The van der Waals surface area contributed by atoms with E-state index < -0.39 is 0 Å². The highest BCUT2D eigenvalue weighted by Gasteiger charge is 2.33. The van der Waals surface area contributed by atoms with Crippen LogP contribution in [0.2, 0.25) is 0 Å². The van der Waals surface area contributed by atoms with Crippen LogP contribution < -0.4 is 10.6 Å². The molecule has 0 bridgehead atoms. The van der Waals surface area contributed by atoms with Crippen molar-refractivity contribution >= 4 is 17.8 Å². The van der Waals surface area contributed by atoms with E-state index in [1.165, 1.54) is 7.11 Å². The molecule has 0 radical (unpaired) electrons. The number of carbonyl (C=O) groups excluding carboxylic acids is 3. The Labute approximate surface area is 167 Å². The normalized spacial score (nSPS) is 27.2. The fourth-order valence-corrected chi connectivity index (χ4v) is 4.82. The van der Waals surface area contributed by atoms with Crippen LogP contribution in [0.15, 0.2) is 0 Å². The van der Waals surface area contributed by atoms with Gasteiger partial charge in [0.15, 0.2) is 0 Å². The molecule has 0 unspecified atom stereocenters. The van der Waals surface area contributed by atoms with Gasteiger partial charge in [-0.15, -0.1) is 0 Å². The van der Waals surface area contributed by atoms with Gasteiger partial charge in [-0.25, -0.2) is 0 Å². The van der Waals surface area contributed by atoms with Gasteiger partial charge < -0.3 is 20.3 Å². The van der Waals surface area contributed by atoms with Crippen LogP contribution in [-0.2, 0) is 19.1 Å². The molecule has 158 valence electrons. The average molecular weight is 394 g/mol. The second-order valence-electron chi connectivity index (χ2n) is 8.63. The molecule has 3 fully saturated rings. The van der Waals surface area contributed by atoms with Crippen LogP contribution in [-0.4, -0.2) is 62.0 Å². The van der Waals surface area contributed by atoms with E-state index in [0.717, 1.165) is 77.5 Å². The van der Waals surface area contributed by atoms with Crippen molar-refractivity contribution in [2.24, 2.45) is 17.8 Å². The first-order valence-corrected chi connectivity index (χ1v) is 10.9. The number of hydrogen-bond acceptors (Lipinski definition) is 5. The van der Waals surface area contributed by atoms with Gasteiger partial charge >= 0.3 is 5.97 Å². The largest absolute Gasteiger partial charge is 0.469 e. The van der Waals surface area contributed by atoms with Gasteiger partial charge in [0.05, 0.1) is 7.11 Å². The Morgan fingerprint density at radius 2 is 1.57 bits per heavy atom. The Kier molecular flexibility index (Phi) is 7.71. The van der Waals surface area contributed by atoms with Crippen LogP contribution in [0, 0.1) is 17.8 Å². The minimum Gasteiger partial charge on any atom is -0.469 e. The fourth-order valence-electron chi connectivity index (χ4n) is 4.82. The van der Waals surface area contributed by atoms with Crippen molar-refractivity contribution in [3.05, 3.63) is 0 Å². The second-order valence-corrected chi connectivity index (χ2v) is 8.63. The van der Waals surface area contributed by atoms with E-state index in [9.17, 15) is 14.4 Å². The Balaban J connectivity index is 1.37. The molecule has 0 aromatic rings. The number of nitrogens with zero attached hydrogens (tertiary/aromatic N) is 1. The number of amides is 2. The molecule has 2 heterocycles.